The number of ether oxygens (including phenoxy) is 2. The Hall–Kier alpha value is -3.41. The number of phosphoric acid groups is 2. The van der Waals surface area contributed by atoms with Gasteiger partial charge in [-0.3, -0.25) is 32.4 Å². The topological polar surface area (TPSA) is 323 Å². The summed E-state index contributed by atoms with van der Waals surface area (Å²) in [5.74, 6) is 0.0203. The van der Waals surface area contributed by atoms with E-state index < -0.39 is 83.5 Å². The zero-order valence-electron chi connectivity index (χ0n) is 24.3. The number of imidazole rings is 1. The van der Waals surface area contributed by atoms with Gasteiger partial charge in [0, 0.05) is 12.7 Å². The normalized spacial score (nSPS) is 36.0. The van der Waals surface area contributed by atoms with E-state index >= 15 is 0 Å². The van der Waals surface area contributed by atoms with E-state index in [2.05, 4.69) is 30.2 Å². The first-order valence-electron chi connectivity index (χ1n) is 14.2. The van der Waals surface area contributed by atoms with Crippen molar-refractivity contribution in [1.82, 2.24) is 34.1 Å². The number of phosphoric ester groups is 2. The molecule has 3 saturated heterocycles. The van der Waals surface area contributed by atoms with Crippen LogP contribution in [0.2, 0.25) is 0 Å². The quantitative estimate of drug-likeness (QED) is 0.104. The lowest BCUT2D eigenvalue weighted by Gasteiger charge is -2.26. The molecule has 3 fully saturated rings. The van der Waals surface area contributed by atoms with E-state index in [4.69, 9.17) is 38.4 Å². The summed E-state index contributed by atoms with van der Waals surface area (Å²) in [5, 5.41) is 34.4. The minimum Gasteiger partial charge on any atom is -0.395 e. The van der Waals surface area contributed by atoms with E-state index in [0.717, 1.165) is 0 Å². The average Bonchev–Trinajstić information content (AvgIpc) is 3.79. The first-order chi connectivity index (χ1) is 22.9. The fourth-order valence-corrected chi connectivity index (χ4v) is 7.61. The molecule has 0 amide bonds. The van der Waals surface area contributed by atoms with E-state index in [0.29, 0.717) is 0 Å². The van der Waals surface area contributed by atoms with Crippen LogP contribution in [-0.4, -0.2) is 122 Å². The number of hydrogen-bond donors (Lipinski definition) is 8. The highest BCUT2D eigenvalue weighted by Crippen LogP contribution is 2.53. The van der Waals surface area contributed by atoms with Crippen molar-refractivity contribution in [3.8, 4) is 0 Å². The molecule has 10 atom stereocenters. The number of aromatic nitrogens is 7. The van der Waals surface area contributed by atoms with Crippen molar-refractivity contribution >= 4 is 49.6 Å². The lowest BCUT2D eigenvalue weighted by atomic mass is 10.1. The van der Waals surface area contributed by atoms with Crippen molar-refractivity contribution in [2.75, 3.05) is 37.4 Å². The third kappa shape index (κ3) is 6.02. The van der Waals surface area contributed by atoms with Gasteiger partial charge in [0.15, 0.2) is 35.1 Å². The molecule has 0 aliphatic carbocycles. The molecule has 0 saturated carbocycles. The fraction of sp³-hybridized carbons (Fsp3) is 0.522. The van der Waals surface area contributed by atoms with Crippen LogP contribution in [0.5, 0.6) is 0 Å². The smallest absolute Gasteiger partial charge is 0.395 e. The van der Waals surface area contributed by atoms with Gasteiger partial charge in [0.1, 0.15) is 43.0 Å². The SMILES string of the molecule is Nc1nc2c(ccn2C2OC3COP(=O)(O)OC4C(COP(=O)(O)OC2C3O)OC(n2cnc3c(NCCO)ncnc32)C4O)c(=O)[nH]1. The molecule has 3 aliphatic rings. The number of nitrogens with one attached hydrogen (secondary N) is 2. The Kier molecular flexibility index (Phi) is 8.61. The number of hydrogen-bond acceptors (Lipinski definition) is 18. The Bertz CT molecular complexity index is 1990. The monoisotopic (exact) mass is 717 g/mol. The van der Waals surface area contributed by atoms with Crippen LogP contribution < -0.4 is 16.6 Å². The minimum atomic E-state index is -5.12. The summed E-state index contributed by atoms with van der Waals surface area (Å²) < 4.78 is 61.7. The van der Waals surface area contributed by atoms with Gasteiger partial charge < -0.3 is 50.2 Å². The van der Waals surface area contributed by atoms with Crippen LogP contribution in [0.25, 0.3) is 22.2 Å². The summed E-state index contributed by atoms with van der Waals surface area (Å²) in [4.78, 5) is 52.7. The molecule has 23 nitrogen and oxygen atoms in total. The number of rotatable bonds is 5. The maximum atomic E-state index is 13.3. The van der Waals surface area contributed by atoms with Gasteiger partial charge in [-0.25, -0.2) is 24.1 Å². The number of anilines is 2. The largest absolute Gasteiger partial charge is 0.472 e. The van der Waals surface area contributed by atoms with Crippen molar-refractivity contribution in [2.45, 2.75) is 49.1 Å². The molecule has 10 unspecified atom stereocenters. The van der Waals surface area contributed by atoms with Gasteiger partial charge >= 0.3 is 15.6 Å². The number of fused-ring (bicyclic) bond motifs is 5. The van der Waals surface area contributed by atoms with Crippen LogP contribution in [0.4, 0.5) is 11.8 Å². The fourth-order valence-electron chi connectivity index (χ4n) is 5.72. The van der Waals surface area contributed by atoms with Crippen LogP contribution in [0.15, 0.2) is 29.7 Å². The van der Waals surface area contributed by atoms with Crippen LogP contribution >= 0.6 is 15.6 Å². The van der Waals surface area contributed by atoms with Crippen LogP contribution in [-0.2, 0) is 36.7 Å². The molecule has 4 aromatic heterocycles. The first-order valence-corrected chi connectivity index (χ1v) is 17.2. The lowest BCUT2D eigenvalue weighted by molar-refractivity contribution is -0.0670. The summed E-state index contributed by atoms with van der Waals surface area (Å²) in [6.45, 7) is -1.68. The summed E-state index contributed by atoms with van der Waals surface area (Å²) in [6, 6.07) is 1.36. The first kappa shape index (κ1) is 33.1. The molecule has 2 bridgehead atoms. The molecule has 4 aromatic rings. The van der Waals surface area contributed by atoms with Crippen molar-refractivity contribution in [1.29, 1.82) is 0 Å². The summed E-state index contributed by atoms with van der Waals surface area (Å²) >= 11 is 0. The van der Waals surface area contributed by atoms with Gasteiger partial charge in [-0.2, -0.15) is 4.98 Å². The van der Waals surface area contributed by atoms with E-state index in [-0.39, 0.29) is 47.1 Å². The molecule has 3 aliphatic heterocycles. The van der Waals surface area contributed by atoms with Gasteiger partial charge in [0.2, 0.25) is 5.95 Å². The van der Waals surface area contributed by atoms with E-state index in [1.807, 2.05) is 0 Å². The summed E-state index contributed by atoms with van der Waals surface area (Å²) in [5.41, 5.74) is 5.48. The molecule has 7 heterocycles. The third-order valence-corrected chi connectivity index (χ3v) is 9.82. The molecule has 0 aromatic carbocycles. The third-order valence-electron chi connectivity index (χ3n) is 7.85. The summed E-state index contributed by atoms with van der Waals surface area (Å²) in [7, 11) is -10.2. The standard InChI is InChI=1S/C23H29N9O14P2/c24-23-29-18-9(20(36)30-23)1-3-31(18)22-16-13(34)10(43-22)5-41-47(37,38)45-15-11(6-42-48(39,40)46-16)44-21(14(15)35)32-8-28-12-17(25-2-4-33)26-7-27-19(12)32/h1,3,7-8,10-11,13-16,21-22,33-35H,2,4-6H2,(H,37,38)(H,39,40)(H,25,26,27)(H3,24,29,30,36). The lowest BCUT2D eigenvalue weighted by Crippen LogP contribution is -2.36. The highest BCUT2D eigenvalue weighted by molar-refractivity contribution is 7.47. The Morgan fingerprint density at radius 2 is 1.67 bits per heavy atom. The Morgan fingerprint density at radius 3 is 2.42 bits per heavy atom. The molecule has 48 heavy (non-hydrogen) atoms. The second-order valence-corrected chi connectivity index (χ2v) is 13.7. The van der Waals surface area contributed by atoms with Gasteiger partial charge in [0.25, 0.3) is 5.56 Å². The van der Waals surface area contributed by atoms with E-state index in [1.165, 1.54) is 34.1 Å². The Morgan fingerprint density at radius 1 is 0.958 bits per heavy atom. The maximum absolute atomic E-state index is 13.3. The van der Waals surface area contributed by atoms with Gasteiger partial charge in [-0.05, 0) is 6.07 Å². The number of aliphatic hydroxyl groups is 3. The minimum absolute atomic E-state index is 0.0228. The van der Waals surface area contributed by atoms with Crippen molar-refractivity contribution in [3.05, 3.63) is 35.3 Å². The second kappa shape index (κ2) is 12.5. The molecule has 25 heteroatoms. The van der Waals surface area contributed by atoms with Crippen molar-refractivity contribution < 1.29 is 61.8 Å². The molecule has 0 spiro atoms. The summed E-state index contributed by atoms with van der Waals surface area (Å²) in [6.07, 6.45) is -8.82. The van der Waals surface area contributed by atoms with Crippen LogP contribution in [0.3, 0.4) is 0 Å². The van der Waals surface area contributed by atoms with Gasteiger partial charge in [-0.1, -0.05) is 0 Å². The highest BCUT2D eigenvalue weighted by atomic mass is 31.2. The van der Waals surface area contributed by atoms with Gasteiger partial charge in [-0.15, -0.1) is 0 Å². The second-order valence-electron chi connectivity index (χ2n) is 10.9. The predicted octanol–water partition coefficient (Wildman–Crippen LogP) is -1.91. The van der Waals surface area contributed by atoms with Crippen LogP contribution in [0.1, 0.15) is 12.5 Å². The van der Waals surface area contributed by atoms with E-state index in [1.54, 1.807) is 0 Å². The Balaban J connectivity index is 1.19. The highest BCUT2D eigenvalue weighted by Gasteiger charge is 2.54. The van der Waals surface area contributed by atoms with E-state index in [9.17, 15) is 33.9 Å². The number of nitrogen functional groups attached to an aromatic ring is 1. The zero-order chi connectivity index (χ0) is 34.0. The van der Waals surface area contributed by atoms with Crippen molar-refractivity contribution in [2.24, 2.45) is 0 Å². The molecule has 7 rings (SSSR count). The Labute approximate surface area is 267 Å². The predicted molar refractivity (Wildman–Crippen MR) is 157 cm³/mol. The molecule has 260 valence electrons. The zero-order valence-corrected chi connectivity index (χ0v) is 26.1. The average molecular weight is 717 g/mol. The number of nitrogens with two attached hydrogens (primary N) is 1. The molecule has 0 radical (unpaired) electrons. The molecular weight excluding hydrogens is 688 g/mol. The molecule has 9 N–H and O–H groups in total. The van der Waals surface area contributed by atoms with Crippen LogP contribution in [0, 0.1) is 0 Å². The van der Waals surface area contributed by atoms with Gasteiger partial charge in [0.05, 0.1) is 31.5 Å². The molecular formula is C23H29N9O14P2. The number of aromatic amines is 1. The maximum Gasteiger partial charge on any atom is 0.472 e. The van der Waals surface area contributed by atoms with Crippen molar-refractivity contribution in [3.63, 3.8) is 0 Å². The number of nitrogens with zero attached hydrogens (tertiary/aromatic N) is 6. The number of H-pyrrole nitrogens is 1. The number of aliphatic hydroxyl groups excluding tert-OH is 3.